The van der Waals surface area contributed by atoms with Crippen molar-refractivity contribution in [1.82, 2.24) is 4.98 Å². The van der Waals surface area contributed by atoms with Gasteiger partial charge in [0.1, 0.15) is 5.01 Å². The Bertz CT molecular complexity index is 1170. The van der Waals surface area contributed by atoms with E-state index in [-0.39, 0.29) is 0 Å². The number of nitrogens with zero attached hydrogens (tertiary/aromatic N) is 2. The van der Waals surface area contributed by atoms with E-state index in [4.69, 9.17) is 4.98 Å². The van der Waals surface area contributed by atoms with Crippen molar-refractivity contribution in [3.63, 3.8) is 0 Å². The summed E-state index contributed by atoms with van der Waals surface area (Å²) in [5.41, 5.74) is 6.40. The maximum absolute atomic E-state index is 4.91. The van der Waals surface area contributed by atoms with Gasteiger partial charge in [0.15, 0.2) is 0 Å². The zero-order chi connectivity index (χ0) is 21.2. The van der Waals surface area contributed by atoms with Crippen LogP contribution in [0.1, 0.15) is 43.7 Å². The van der Waals surface area contributed by atoms with Gasteiger partial charge in [-0.25, -0.2) is 4.98 Å². The second-order valence-corrected chi connectivity index (χ2v) is 9.40. The summed E-state index contributed by atoms with van der Waals surface area (Å²) in [7, 11) is 0. The van der Waals surface area contributed by atoms with Gasteiger partial charge >= 0.3 is 0 Å². The number of fused-ring (bicyclic) bond motifs is 2. The van der Waals surface area contributed by atoms with Gasteiger partial charge in [0.25, 0.3) is 0 Å². The molecule has 4 aromatic rings. The number of rotatable bonds is 5. The summed E-state index contributed by atoms with van der Waals surface area (Å²) in [5.74, 6) is 0.411. The third kappa shape index (κ3) is 3.79. The summed E-state index contributed by atoms with van der Waals surface area (Å²) in [5, 5.41) is 1.10. The maximum atomic E-state index is 4.91. The van der Waals surface area contributed by atoms with E-state index >= 15 is 0 Å². The number of aromatic nitrogens is 1. The van der Waals surface area contributed by atoms with Crippen LogP contribution in [0.5, 0.6) is 0 Å². The first-order chi connectivity index (χ1) is 15.3. The van der Waals surface area contributed by atoms with Gasteiger partial charge in [0, 0.05) is 28.9 Å². The zero-order valence-electron chi connectivity index (χ0n) is 18.2. The van der Waals surface area contributed by atoms with Crippen LogP contribution in [-0.2, 0) is 0 Å². The average Bonchev–Trinajstić information content (AvgIpc) is 3.23. The highest BCUT2D eigenvalue weighted by atomic mass is 32.1. The molecule has 0 bridgehead atoms. The number of benzene rings is 3. The van der Waals surface area contributed by atoms with Crippen molar-refractivity contribution in [3.05, 3.63) is 89.4 Å². The Morgan fingerprint density at radius 3 is 2.48 bits per heavy atom. The topological polar surface area (TPSA) is 16.1 Å². The molecule has 0 N–H and O–H groups in total. The highest BCUT2D eigenvalue weighted by molar-refractivity contribution is 7.19. The Kier molecular flexibility index (Phi) is 5.61. The largest absolute Gasteiger partial charge is 0.337 e. The zero-order valence-corrected chi connectivity index (χ0v) is 19.0. The van der Waals surface area contributed by atoms with Gasteiger partial charge in [-0.1, -0.05) is 75.2 Å². The van der Waals surface area contributed by atoms with E-state index < -0.39 is 0 Å². The smallest absolute Gasteiger partial charge is 0.117 e. The van der Waals surface area contributed by atoms with Crippen molar-refractivity contribution in [2.24, 2.45) is 5.92 Å². The van der Waals surface area contributed by atoms with Crippen LogP contribution in [0, 0.1) is 5.92 Å². The predicted molar refractivity (Wildman–Crippen MR) is 135 cm³/mol. The van der Waals surface area contributed by atoms with Crippen LogP contribution >= 0.6 is 11.3 Å². The summed E-state index contributed by atoms with van der Waals surface area (Å²) in [4.78, 5) is 7.48. The molecule has 31 heavy (non-hydrogen) atoms. The van der Waals surface area contributed by atoms with Crippen LogP contribution in [0.25, 0.3) is 21.9 Å². The van der Waals surface area contributed by atoms with E-state index in [1.165, 1.54) is 46.5 Å². The fourth-order valence-electron chi connectivity index (χ4n) is 4.79. The molecule has 0 spiro atoms. The minimum atomic E-state index is 0.411. The molecule has 2 unspecified atom stereocenters. The molecule has 0 saturated carbocycles. The Balaban J connectivity index is 1.66. The maximum Gasteiger partial charge on any atom is 0.117 e. The van der Waals surface area contributed by atoms with Crippen LogP contribution in [0.4, 0.5) is 11.4 Å². The van der Waals surface area contributed by atoms with Crippen LogP contribution in [0.15, 0.2) is 78.9 Å². The Hall–Kier alpha value is -2.91. The van der Waals surface area contributed by atoms with Crippen LogP contribution < -0.4 is 4.90 Å². The van der Waals surface area contributed by atoms with Gasteiger partial charge in [-0.3, -0.25) is 0 Å². The Morgan fingerprint density at radius 1 is 0.935 bits per heavy atom. The highest BCUT2D eigenvalue weighted by Gasteiger charge is 2.35. The number of hydrogen-bond donors (Lipinski definition) is 0. The molecule has 3 heteroatoms. The van der Waals surface area contributed by atoms with Gasteiger partial charge < -0.3 is 4.90 Å². The normalized spacial score (nSPS) is 19.7. The predicted octanol–water partition coefficient (Wildman–Crippen LogP) is 8.18. The van der Waals surface area contributed by atoms with E-state index in [0.29, 0.717) is 12.0 Å². The first kappa shape index (κ1) is 20.0. The summed E-state index contributed by atoms with van der Waals surface area (Å²) in [6.07, 6.45) is 5.97. The lowest BCUT2D eigenvalue weighted by molar-refractivity contribution is 0.478. The van der Waals surface area contributed by atoms with Gasteiger partial charge in [-0.15, -0.1) is 11.3 Å². The van der Waals surface area contributed by atoms with Gasteiger partial charge in [0.05, 0.1) is 10.2 Å². The fraction of sp³-hybridized carbons (Fsp3) is 0.250. The number of thiazole rings is 1. The molecule has 1 aliphatic heterocycles. The molecule has 0 aliphatic carbocycles. The lowest BCUT2D eigenvalue weighted by Crippen LogP contribution is -2.40. The lowest BCUT2D eigenvalue weighted by atomic mass is 9.79. The second-order valence-electron chi connectivity index (χ2n) is 8.34. The van der Waals surface area contributed by atoms with Gasteiger partial charge in [0.2, 0.25) is 0 Å². The second kappa shape index (κ2) is 8.68. The first-order valence-corrected chi connectivity index (χ1v) is 12.1. The minimum Gasteiger partial charge on any atom is -0.337 e. The molecule has 1 aromatic heterocycles. The molecule has 5 rings (SSSR count). The van der Waals surface area contributed by atoms with Crippen LogP contribution in [0.2, 0.25) is 0 Å². The number of unbranched alkanes of at least 4 members (excludes halogenated alkanes) is 1. The third-order valence-electron chi connectivity index (χ3n) is 6.35. The molecule has 0 amide bonds. The molecule has 2 nitrogen and oxygen atoms in total. The minimum absolute atomic E-state index is 0.411. The van der Waals surface area contributed by atoms with E-state index in [0.717, 1.165) is 10.5 Å². The molecule has 3 aromatic carbocycles. The van der Waals surface area contributed by atoms with Crippen molar-refractivity contribution in [3.8, 4) is 0 Å². The van der Waals surface area contributed by atoms with Crippen molar-refractivity contribution in [1.29, 1.82) is 0 Å². The standard InChI is InChI=1S/C28H28N2S/c1-3-4-16-25-20(2)23(19-28-29-24-15-9-11-18-27(24)31-28)22-14-8-10-17-26(22)30(25)21-12-6-5-7-13-21/h5-15,17-20,25H,3-4,16H2,1-2H3. The molecular weight excluding hydrogens is 396 g/mol. The summed E-state index contributed by atoms with van der Waals surface area (Å²) >= 11 is 1.78. The van der Waals surface area contributed by atoms with E-state index in [1.807, 2.05) is 0 Å². The summed E-state index contributed by atoms with van der Waals surface area (Å²) in [6, 6.07) is 28.6. The van der Waals surface area contributed by atoms with Crippen LogP contribution in [0.3, 0.4) is 0 Å². The monoisotopic (exact) mass is 424 g/mol. The fourth-order valence-corrected chi connectivity index (χ4v) is 5.71. The molecule has 0 fully saturated rings. The highest BCUT2D eigenvalue weighted by Crippen LogP contribution is 2.47. The van der Waals surface area contributed by atoms with E-state index in [1.54, 1.807) is 11.3 Å². The first-order valence-electron chi connectivity index (χ1n) is 11.3. The number of anilines is 2. The number of hydrogen-bond acceptors (Lipinski definition) is 3. The molecule has 0 radical (unpaired) electrons. The molecule has 2 atom stereocenters. The summed E-state index contributed by atoms with van der Waals surface area (Å²) < 4.78 is 1.25. The van der Waals surface area contributed by atoms with Crippen molar-refractivity contribution in [2.45, 2.75) is 39.2 Å². The Morgan fingerprint density at radius 2 is 1.68 bits per heavy atom. The van der Waals surface area contributed by atoms with Gasteiger partial charge in [-0.2, -0.15) is 0 Å². The van der Waals surface area contributed by atoms with Gasteiger partial charge in [-0.05, 0) is 48.4 Å². The molecule has 2 heterocycles. The van der Waals surface area contributed by atoms with Crippen molar-refractivity contribution in [2.75, 3.05) is 4.90 Å². The Labute approximate surface area is 188 Å². The molecule has 156 valence electrons. The van der Waals surface area contributed by atoms with Crippen molar-refractivity contribution < 1.29 is 0 Å². The summed E-state index contributed by atoms with van der Waals surface area (Å²) in [6.45, 7) is 4.68. The SMILES string of the molecule is CCCCC1C(C)C(=Cc2nc3ccccc3s2)c2ccccc2N1c1ccccc1. The quantitative estimate of drug-likeness (QED) is 0.321. The van der Waals surface area contributed by atoms with Crippen molar-refractivity contribution >= 4 is 44.6 Å². The molecular formula is C28H28N2S. The number of para-hydroxylation sites is 3. The average molecular weight is 425 g/mol. The van der Waals surface area contributed by atoms with E-state index in [2.05, 4.69) is 104 Å². The lowest BCUT2D eigenvalue weighted by Gasteiger charge is -2.44. The molecule has 0 saturated heterocycles. The molecule has 1 aliphatic rings. The van der Waals surface area contributed by atoms with Crippen LogP contribution in [-0.4, -0.2) is 11.0 Å². The van der Waals surface area contributed by atoms with E-state index in [9.17, 15) is 0 Å². The third-order valence-corrected chi connectivity index (χ3v) is 7.33.